The summed E-state index contributed by atoms with van der Waals surface area (Å²) in [7, 11) is -3.96. The number of hydrogen-bond donors (Lipinski definition) is 1. The SMILES string of the molecule is Cc1c(S(=O)O)n(S(=O)(=O)c2ccccc2)c2ccccc12. The van der Waals surface area contributed by atoms with E-state index in [-0.39, 0.29) is 9.92 Å². The van der Waals surface area contributed by atoms with Gasteiger partial charge in [-0.3, -0.25) is 0 Å². The van der Waals surface area contributed by atoms with Crippen molar-refractivity contribution in [2.45, 2.75) is 16.8 Å². The van der Waals surface area contributed by atoms with Gasteiger partial charge in [0.1, 0.15) is 0 Å². The maximum atomic E-state index is 12.9. The molecule has 1 heterocycles. The monoisotopic (exact) mass is 335 g/mol. The fourth-order valence-corrected chi connectivity index (χ4v) is 5.07. The van der Waals surface area contributed by atoms with Gasteiger partial charge in [0.25, 0.3) is 10.0 Å². The molecule has 3 aromatic rings. The lowest BCUT2D eigenvalue weighted by Gasteiger charge is -2.10. The maximum Gasteiger partial charge on any atom is 0.269 e. The van der Waals surface area contributed by atoms with Gasteiger partial charge in [0.05, 0.1) is 10.4 Å². The van der Waals surface area contributed by atoms with E-state index in [1.54, 1.807) is 49.4 Å². The molecule has 2 aromatic carbocycles. The summed E-state index contributed by atoms with van der Waals surface area (Å²) < 4.78 is 48.1. The molecule has 0 radical (unpaired) electrons. The number of rotatable bonds is 3. The van der Waals surface area contributed by atoms with E-state index in [0.717, 1.165) is 3.97 Å². The molecule has 0 saturated carbocycles. The van der Waals surface area contributed by atoms with Crippen LogP contribution in [0.2, 0.25) is 0 Å². The summed E-state index contributed by atoms with van der Waals surface area (Å²) in [4.78, 5) is 0.0717. The van der Waals surface area contributed by atoms with Crippen molar-refractivity contribution in [3.05, 3.63) is 60.2 Å². The number of aromatic nitrogens is 1. The van der Waals surface area contributed by atoms with Crippen LogP contribution < -0.4 is 0 Å². The van der Waals surface area contributed by atoms with Crippen LogP contribution in [0.3, 0.4) is 0 Å². The van der Waals surface area contributed by atoms with Crippen molar-refractivity contribution >= 4 is 32.0 Å². The van der Waals surface area contributed by atoms with E-state index in [0.29, 0.717) is 16.5 Å². The molecular formula is C15H13NO4S2. The Balaban J connectivity index is 2.45. The second kappa shape index (κ2) is 5.35. The first-order valence-electron chi connectivity index (χ1n) is 6.46. The van der Waals surface area contributed by atoms with Crippen LogP contribution in [0.4, 0.5) is 0 Å². The molecular weight excluding hydrogens is 322 g/mol. The highest BCUT2D eigenvalue weighted by atomic mass is 32.2. The first kappa shape index (κ1) is 15.0. The van der Waals surface area contributed by atoms with Gasteiger partial charge in [-0.25, -0.2) is 16.6 Å². The Kier molecular flexibility index (Phi) is 3.64. The van der Waals surface area contributed by atoms with Crippen LogP contribution in [0.15, 0.2) is 64.5 Å². The average Bonchev–Trinajstić information content (AvgIpc) is 2.82. The summed E-state index contributed by atoms with van der Waals surface area (Å²) >= 11 is -2.42. The van der Waals surface area contributed by atoms with Gasteiger partial charge in [-0.05, 0) is 30.7 Å². The Labute approximate surface area is 130 Å². The molecule has 1 N–H and O–H groups in total. The van der Waals surface area contributed by atoms with Crippen LogP contribution in [-0.4, -0.2) is 21.2 Å². The third kappa shape index (κ3) is 2.18. The highest BCUT2D eigenvalue weighted by molar-refractivity contribution is 7.90. The summed E-state index contributed by atoms with van der Waals surface area (Å²) in [5.74, 6) is 0. The van der Waals surface area contributed by atoms with E-state index in [1.165, 1.54) is 12.1 Å². The highest BCUT2D eigenvalue weighted by Gasteiger charge is 2.27. The second-order valence-corrected chi connectivity index (χ2v) is 7.45. The Morgan fingerprint density at radius 3 is 2.23 bits per heavy atom. The van der Waals surface area contributed by atoms with Gasteiger partial charge in [0.15, 0.2) is 5.03 Å². The molecule has 0 saturated heterocycles. The van der Waals surface area contributed by atoms with Gasteiger partial charge in [-0.2, -0.15) is 0 Å². The van der Waals surface area contributed by atoms with Gasteiger partial charge >= 0.3 is 0 Å². The molecule has 0 bridgehead atoms. The molecule has 7 heteroatoms. The standard InChI is InChI=1S/C15H13NO4S2/c1-11-13-9-5-6-10-14(13)16(15(11)21(17)18)22(19,20)12-7-3-2-4-8-12/h2-10H,1H3,(H,17,18). The summed E-state index contributed by atoms with van der Waals surface area (Å²) in [6.07, 6.45) is 0. The zero-order valence-corrected chi connectivity index (χ0v) is 13.3. The van der Waals surface area contributed by atoms with Gasteiger partial charge < -0.3 is 4.55 Å². The molecule has 0 amide bonds. The third-order valence-corrected chi connectivity index (χ3v) is 6.14. The normalized spacial score (nSPS) is 13.4. The summed E-state index contributed by atoms with van der Waals surface area (Å²) in [5.41, 5.74) is 0.872. The molecule has 5 nitrogen and oxygen atoms in total. The molecule has 0 spiro atoms. The maximum absolute atomic E-state index is 12.9. The molecule has 0 fully saturated rings. The zero-order valence-electron chi connectivity index (χ0n) is 11.6. The predicted molar refractivity (Wildman–Crippen MR) is 84.7 cm³/mol. The van der Waals surface area contributed by atoms with Crippen LogP contribution in [0.5, 0.6) is 0 Å². The molecule has 0 aliphatic rings. The van der Waals surface area contributed by atoms with Crippen LogP contribution in [0, 0.1) is 6.92 Å². The van der Waals surface area contributed by atoms with E-state index in [9.17, 15) is 17.2 Å². The molecule has 0 aliphatic carbocycles. The minimum absolute atomic E-state index is 0.0717. The van der Waals surface area contributed by atoms with Crippen molar-refractivity contribution < 1.29 is 17.2 Å². The predicted octanol–water partition coefficient (Wildman–Crippen LogP) is 2.77. The number of para-hydroxylation sites is 1. The quantitative estimate of drug-likeness (QED) is 0.747. The fraction of sp³-hybridized carbons (Fsp3) is 0.0667. The summed E-state index contributed by atoms with van der Waals surface area (Å²) in [6, 6.07) is 14.7. The van der Waals surface area contributed by atoms with E-state index in [1.807, 2.05) is 0 Å². The molecule has 3 rings (SSSR count). The van der Waals surface area contributed by atoms with E-state index >= 15 is 0 Å². The number of benzene rings is 2. The lowest BCUT2D eigenvalue weighted by Crippen LogP contribution is -2.16. The van der Waals surface area contributed by atoms with Crippen molar-refractivity contribution in [2.75, 3.05) is 0 Å². The number of hydrogen-bond acceptors (Lipinski definition) is 3. The number of aryl methyl sites for hydroxylation is 1. The Morgan fingerprint density at radius 1 is 1.00 bits per heavy atom. The average molecular weight is 335 g/mol. The highest BCUT2D eigenvalue weighted by Crippen LogP contribution is 2.31. The van der Waals surface area contributed by atoms with Crippen molar-refractivity contribution in [3.63, 3.8) is 0 Å². The van der Waals surface area contributed by atoms with Crippen molar-refractivity contribution in [3.8, 4) is 0 Å². The van der Waals surface area contributed by atoms with Crippen LogP contribution >= 0.6 is 0 Å². The smallest absolute Gasteiger partial charge is 0.269 e. The minimum atomic E-state index is -3.96. The third-order valence-electron chi connectivity index (χ3n) is 3.48. The summed E-state index contributed by atoms with van der Waals surface area (Å²) in [6.45, 7) is 1.64. The summed E-state index contributed by atoms with van der Waals surface area (Å²) in [5, 5.41) is 0.518. The Morgan fingerprint density at radius 2 is 1.59 bits per heavy atom. The molecule has 0 aliphatic heterocycles. The van der Waals surface area contributed by atoms with Gasteiger partial charge in [0, 0.05) is 5.39 Å². The minimum Gasteiger partial charge on any atom is -0.301 e. The fourth-order valence-electron chi connectivity index (χ4n) is 2.48. The first-order chi connectivity index (χ1) is 10.4. The zero-order chi connectivity index (χ0) is 15.9. The number of fused-ring (bicyclic) bond motifs is 1. The van der Waals surface area contributed by atoms with Crippen molar-refractivity contribution in [1.82, 2.24) is 3.97 Å². The molecule has 1 aromatic heterocycles. The van der Waals surface area contributed by atoms with E-state index < -0.39 is 21.1 Å². The molecule has 22 heavy (non-hydrogen) atoms. The van der Waals surface area contributed by atoms with E-state index in [4.69, 9.17) is 0 Å². The Bertz CT molecular complexity index is 975. The molecule has 114 valence electrons. The van der Waals surface area contributed by atoms with Crippen LogP contribution in [-0.2, 0) is 21.1 Å². The molecule has 1 atom stereocenters. The van der Waals surface area contributed by atoms with Crippen LogP contribution in [0.25, 0.3) is 10.9 Å². The first-order valence-corrected chi connectivity index (χ1v) is 9.01. The Hall–Kier alpha value is -1.96. The van der Waals surface area contributed by atoms with Gasteiger partial charge in [-0.1, -0.05) is 36.4 Å². The number of nitrogens with zero attached hydrogens (tertiary/aromatic N) is 1. The van der Waals surface area contributed by atoms with Crippen LogP contribution in [0.1, 0.15) is 5.56 Å². The van der Waals surface area contributed by atoms with Crippen molar-refractivity contribution in [1.29, 1.82) is 0 Å². The lowest BCUT2D eigenvalue weighted by atomic mass is 10.2. The largest absolute Gasteiger partial charge is 0.301 e. The topological polar surface area (TPSA) is 76.4 Å². The van der Waals surface area contributed by atoms with E-state index in [2.05, 4.69) is 0 Å². The second-order valence-electron chi connectivity index (χ2n) is 4.78. The molecule has 1 unspecified atom stereocenters. The van der Waals surface area contributed by atoms with Gasteiger partial charge in [0.2, 0.25) is 11.1 Å². The lowest BCUT2D eigenvalue weighted by molar-refractivity contribution is 0.552. The van der Waals surface area contributed by atoms with Crippen molar-refractivity contribution in [2.24, 2.45) is 0 Å². The van der Waals surface area contributed by atoms with Gasteiger partial charge in [-0.15, -0.1) is 0 Å².